The van der Waals surface area contributed by atoms with Crippen molar-refractivity contribution in [1.29, 1.82) is 0 Å². The Bertz CT molecular complexity index is 1480. The summed E-state index contributed by atoms with van der Waals surface area (Å²) in [4.78, 5) is 61.8. The smallest absolute Gasteiger partial charge is 0.335 e. The van der Waals surface area contributed by atoms with Gasteiger partial charge in [-0.3, -0.25) is 4.55 Å². The highest BCUT2D eigenvalue weighted by molar-refractivity contribution is 7.85. The number of benzene rings is 3. The van der Waals surface area contributed by atoms with Crippen LogP contribution in [0.3, 0.4) is 0 Å². The van der Waals surface area contributed by atoms with Crippen molar-refractivity contribution in [3.05, 3.63) is 100 Å². The molecule has 0 aromatic heterocycles. The van der Waals surface area contributed by atoms with Crippen LogP contribution >= 0.6 is 0 Å². The molecule has 0 radical (unpaired) electrons. The summed E-state index contributed by atoms with van der Waals surface area (Å²) in [5.41, 5.74) is -0.940. The van der Waals surface area contributed by atoms with E-state index in [4.69, 9.17) is 35.2 Å². The summed E-state index contributed by atoms with van der Waals surface area (Å²) in [6, 6.07) is 12.4. The molecular weight excluding hydrogens is 560 g/mol. The molecule has 0 aliphatic rings. The fourth-order valence-corrected chi connectivity index (χ4v) is 3.09. The quantitative estimate of drug-likeness (QED) is 0.198. The van der Waals surface area contributed by atoms with E-state index >= 15 is 0 Å². The van der Waals surface area contributed by atoms with Crippen molar-refractivity contribution in [1.82, 2.24) is 0 Å². The lowest BCUT2D eigenvalue weighted by atomic mass is 10.1. The van der Waals surface area contributed by atoms with Gasteiger partial charge >= 0.3 is 35.8 Å². The summed E-state index contributed by atoms with van der Waals surface area (Å²) in [6.07, 6.45) is 0. The number of carboxylic acid groups (broad SMARTS) is 6. The second-order valence-corrected chi connectivity index (χ2v) is 8.63. The molecule has 15 nitrogen and oxygen atoms in total. The zero-order valence-electron chi connectivity index (χ0n) is 19.7. The van der Waals surface area contributed by atoms with Gasteiger partial charge in [0, 0.05) is 0 Å². The second kappa shape index (κ2) is 13.8. The lowest BCUT2D eigenvalue weighted by Crippen LogP contribution is -2.07. The Morgan fingerprint density at radius 2 is 0.700 bits per heavy atom. The van der Waals surface area contributed by atoms with Gasteiger partial charge < -0.3 is 30.6 Å². The highest BCUT2D eigenvalue weighted by Crippen LogP contribution is 2.15. The largest absolute Gasteiger partial charge is 0.478 e. The van der Waals surface area contributed by atoms with Gasteiger partial charge in [0.1, 0.15) is 0 Å². The van der Waals surface area contributed by atoms with Crippen molar-refractivity contribution in [2.45, 2.75) is 4.90 Å². The van der Waals surface area contributed by atoms with E-state index in [2.05, 4.69) is 0 Å². The summed E-state index contributed by atoms with van der Waals surface area (Å²) in [6.45, 7) is 0. The second-order valence-electron chi connectivity index (χ2n) is 7.21. The number of rotatable bonds is 7. The van der Waals surface area contributed by atoms with E-state index in [0.29, 0.717) is 12.1 Å². The maximum absolute atomic E-state index is 10.8. The molecule has 16 heteroatoms. The van der Waals surface area contributed by atoms with Gasteiger partial charge in [0.25, 0.3) is 10.1 Å². The lowest BCUT2D eigenvalue weighted by Gasteiger charge is -2.02. The molecule has 3 aromatic carbocycles. The number of carboxylic acids is 6. The van der Waals surface area contributed by atoms with Crippen LogP contribution in [-0.2, 0) is 10.1 Å². The van der Waals surface area contributed by atoms with E-state index in [1.807, 2.05) is 0 Å². The number of hydrogen-bond donors (Lipinski definition) is 7. The first-order valence-corrected chi connectivity index (χ1v) is 11.6. The lowest BCUT2D eigenvalue weighted by molar-refractivity contribution is 0.0676. The maximum Gasteiger partial charge on any atom is 0.335 e. The van der Waals surface area contributed by atoms with Crippen LogP contribution in [0.4, 0.5) is 0 Å². The van der Waals surface area contributed by atoms with Crippen molar-refractivity contribution in [3.8, 4) is 0 Å². The fourth-order valence-electron chi connectivity index (χ4n) is 2.54. The van der Waals surface area contributed by atoms with Crippen molar-refractivity contribution >= 4 is 45.9 Å². The van der Waals surface area contributed by atoms with E-state index in [0.717, 1.165) is 12.1 Å². The van der Waals surface area contributed by atoms with Crippen molar-refractivity contribution in [2.75, 3.05) is 0 Å². The highest BCUT2D eigenvalue weighted by Gasteiger charge is 2.17. The molecule has 0 aliphatic heterocycles. The van der Waals surface area contributed by atoms with Gasteiger partial charge in [-0.2, -0.15) is 8.42 Å². The molecule has 3 aromatic rings. The van der Waals surface area contributed by atoms with Gasteiger partial charge in [0.2, 0.25) is 0 Å². The molecule has 0 saturated heterocycles. The molecule has 0 amide bonds. The van der Waals surface area contributed by atoms with Gasteiger partial charge in [-0.1, -0.05) is 6.07 Å². The molecule has 40 heavy (non-hydrogen) atoms. The van der Waals surface area contributed by atoms with Gasteiger partial charge in [-0.05, 0) is 60.7 Å². The van der Waals surface area contributed by atoms with Crippen LogP contribution in [0.1, 0.15) is 62.1 Å². The van der Waals surface area contributed by atoms with Crippen LogP contribution in [0.15, 0.2) is 71.6 Å². The maximum atomic E-state index is 10.8. The monoisotopic (exact) mass is 578 g/mol. The van der Waals surface area contributed by atoms with Crippen LogP contribution in [0.2, 0.25) is 0 Å². The standard InChI is InChI=1S/C8H6O7S.2C8H6O4/c9-7(10)4-1-5(8(11)12)3-6(2-4)16(13,14)15;9-7(10)5-1-2-6(4-3-5)8(11)12;9-7(10)5-2-1-3-6(4-5)8(11)12/h1-3H,(H,9,10)(H,11,12)(H,13,14,15);2*1-4H,(H,9,10)(H,11,12). The third-order valence-corrected chi connectivity index (χ3v) is 5.26. The molecule has 0 fully saturated rings. The Kier molecular flexibility index (Phi) is 11.2. The molecule has 210 valence electrons. The van der Waals surface area contributed by atoms with Crippen LogP contribution in [0, 0.1) is 0 Å². The first-order chi connectivity index (χ1) is 18.4. The SMILES string of the molecule is O=C(O)c1cc(C(=O)O)cc(S(=O)(=O)O)c1.O=C(O)c1ccc(C(=O)O)cc1.O=C(O)c1cccc(C(=O)O)c1. The first-order valence-electron chi connectivity index (χ1n) is 10.2. The normalized spacial score (nSPS) is 10.0. The zero-order valence-corrected chi connectivity index (χ0v) is 20.5. The molecule has 0 unspecified atom stereocenters. The predicted octanol–water partition coefficient (Wildman–Crippen LogP) is 2.50. The van der Waals surface area contributed by atoms with Crippen LogP contribution in [0.5, 0.6) is 0 Å². The minimum atomic E-state index is -4.64. The number of aromatic carboxylic acids is 6. The number of hydrogen-bond acceptors (Lipinski definition) is 8. The summed E-state index contributed by atoms with van der Waals surface area (Å²) in [7, 11) is -4.64. The molecule has 0 spiro atoms. The number of carbonyl (C=O) groups is 6. The fraction of sp³-hybridized carbons (Fsp3) is 0. The van der Waals surface area contributed by atoms with Crippen LogP contribution < -0.4 is 0 Å². The van der Waals surface area contributed by atoms with Gasteiger partial charge in [0.05, 0.1) is 38.3 Å². The zero-order chi connectivity index (χ0) is 30.8. The van der Waals surface area contributed by atoms with Crippen molar-refractivity contribution in [3.63, 3.8) is 0 Å². The van der Waals surface area contributed by atoms with E-state index in [9.17, 15) is 37.2 Å². The molecule has 7 N–H and O–H groups in total. The third kappa shape index (κ3) is 10.0. The highest BCUT2D eigenvalue weighted by atomic mass is 32.2. The Morgan fingerprint density at radius 1 is 0.425 bits per heavy atom. The Hall–Kier alpha value is -5.61. The average molecular weight is 578 g/mol. The minimum absolute atomic E-state index is 0.0186. The molecule has 0 atom stereocenters. The molecule has 0 aliphatic carbocycles. The average Bonchev–Trinajstić information content (AvgIpc) is 2.88. The minimum Gasteiger partial charge on any atom is -0.478 e. The summed E-state index contributed by atoms with van der Waals surface area (Å²) in [5.74, 6) is -7.36. The van der Waals surface area contributed by atoms with Gasteiger partial charge in [-0.25, -0.2) is 28.8 Å². The van der Waals surface area contributed by atoms with Gasteiger partial charge in [0.15, 0.2) is 0 Å². The molecule has 0 heterocycles. The van der Waals surface area contributed by atoms with Crippen molar-refractivity contribution < 1.29 is 72.4 Å². The summed E-state index contributed by atoms with van der Waals surface area (Å²) < 4.78 is 30.2. The van der Waals surface area contributed by atoms with E-state index in [1.54, 1.807) is 0 Å². The summed E-state index contributed by atoms with van der Waals surface area (Å²) >= 11 is 0. The molecule has 0 saturated carbocycles. The predicted molar refractivity (Wildman–Crippen MR) is 131 cm³/mol. The molecule has 0 bridgehead atoms. The Morgan fingerprint density at radius 3 is 0.950 bits per heavy atom. The van der Waals surface area contributed by atoms with Gasteiger partial charge in [-0.15, -0.1) is 0 Å². The van der Waals surface area contributed by atoms with Crippen LogP contribution in [0.25, 0.3) is 0 Å². The molecular formula is C24H18O15S. The van der Waals surface area contributed by atoms with E-state index in [1.165, 1.54) is 42.5 Å². The van der Waals surface area contributed by atoms with Crippen molar-refractivity contribution in [2.24, 2.45) is 0 Å². The van der Waals surface area contributed by atoms with E-state index in [-0.39, 0.29) is 22.3 Å². The van der Waals surface area contributed by atoms with Crippen LogP contribution in [-0.4, -0.2) is 79.4 Å². The third-order valence-electron chi connectivity index (χ3n) is 4.43. The topological polar surface area (TPSA) is 278 Å². The van der Waals surface area contributed by atoms with E-state index < -0.39 is 62.0 Å². The molecule has 3 rings (SSSR count). The Labute approximate surface area is 223 Å². The summed E-state index contributed by atoms with van der Waals surface area (Å²) in [5, 5.41) is 51.2. The Balaban J connectivity index is 0.000000305. The first kappa shape index (κ1) is 32.4.